The van der Waals surface area contributed by atoms with Gasteiger partial charge < -0.3 is 0 Å². The van der Waals surface area contributed by atoms with Crippen LogP contribution in [0.15, 0.2) is 53.6 Å². The molecule has 6 nitrogen and oxygen atoms in total. The predicted molar refractivity (Wildman–Crippen MR) is 111 cm³/mol. The van der Waals surface area contributed by atoms with E-state index in [9.17, 15) is 4.79 Å². The summed E-state index contributed by atoms with van der Waals surface area (Å²) in [6.45, 7) is 2.27. The average molecular weight is 412 g/mol. The van der Waals surface area contributed by atoms with E-state index in [1.807, 2.05) is 43.3 Å². The highest BCUT2D eigenvalue weighted by atomic mass is 35.5. The first-order valence-electron chi connectivity index (χ1n) is 8.88. The summed E-state index contributed by atoms with van der Waals surface area (Å²) >= 11 is 11.4. The van der Waals surface area contributed by atoms with Crippen LogP contribution >= 0.6 is 23.8 Å². The highest BCUT2D eigenvalue weighted by Gasteiger charge is 2.23. The predicted octanol–water partition coefficient (Wildman–Crippen LogP) is 4.42. The number of aryl methyl sites for hydroxylation is 1. The van der Waals surface area contributed by atoms with E-state index < -0.39 is 0 Å². The molecule has 1 aliphatic rings. The summed E-state index contributed by atoms with van der Waals surface area (Å²) < 4.78 is 2.23. The Morgan fingerprint density at radius 1 is 1.11 bits per heavy atom. The van der Waals surface area contributed by atoms with Gasteiger partial charge >= 0.3 is 0 Å². The molecular formula is C20H18ClN5OS. The van der Waals surface area contributed by atoms with Gasteiger partial charge in [-0.15, -0.1) is 0 Å². The first-order chi connectivity index (χ1) is 13.5. The van der Waals surface area contributed by atoms with E-state index in [0.29, 0.717) is 28.5 Å². The zero-order chi connectivity index (χ0) is 19.7. The van der Waals surface area contributed by atoms with Gasteiger partial charge in [-0.25, -0.2) is 5.01 Å². The van der Waals surface area contributed by atoms with E-state index in [-0.39, 0.29) is 12.5 Å². The summed E-state index contributed by atoms with van der Waals surface area (Å²) in [7, 11) is 0. The lowest BCUT2D eigenvalue weighted by molar-refractivity contribution is -0.132. The largest absolute Gasteiger partial charge is 0.273 e. The van der Waals surface area contributed by atoms with Crippen LogP contribution < -0.4 is 0 Å². The molecule has 142 valence electrons. The second kappa shape index (κ2) is 7.69. The number of aromatic nitrogens is 3. The number of rotatable bonds is 4. The second-order valence-electron chi connectivity index (χ2n) is 6.62. The third kappa shape index (κ3) is 3.76. The standard InChI is InChI=1S/C20H18ClN5OS/c1-13-2-4-14(5-3-13)17-10-11-19(27)25(24-17)12-18-22-23-20(28)26(18)16-8-6-15(21)7-9-16/h2-9H,10-12H2,1H3,(H,23,28). The van der Waals surface area contributed by atoms with Gasteiger partial charge in [0, 0.05) is 23.6 Å². The molecule has 1 N–H and O–H groups in total. The van der Waals surface area contributed by atoms with Crippen molar-refractivity contribution in [1.82, 2.24) is 19.8 Å². The normalized spacial score (nSPS) is 14.3. The highest BCUT2D eigenvalue weighted by Crippen LogP contribution is 2.20. The maximum absolute atomic E-state index is 12.5. The molecule has 1 aliphatic heterocycles. The molecule has 28 heavy (non-hydrogen) atoms. The monoisotopic (exact) mass is 411 g/mol. The molecule has 1 aromatic heterocycles. The van der Waals surface area contributed by atoms with Crippen LogP contribution in [0.25, 0.3) is 5.69 Å². The Hall–Kier alpha value is -2.77. The molecule has 0 unspecified atom stereocenters. The fourth-order valence-electron chi connectivity index (χ4n) is 3.10. The summed E-state index contributed by atoms with van der Waals surface area (Å²) in [5.74, 6) is 0.571. The van der Waals surface area contributed by atoms with E-state index in [1.165, 1.54) is 10.6 Å². The molecule has 0 fully saturated rings. The molecule has 0 bridgehead atoms. The summed E-state index contributed by atoms with van der Waals surface area (Å²) in [6, 6.07) is 15.4. The van der Waals surface area contributed by atoms with Crippen molar-refractivity contribution >= 4 is 35.4 Å². The summed E-state index contributed by atoms with van der Waals surface area (Å²) in [6.07, 6.45) is 1.04. The summed E-state index contributed by atoms with van der Waals surface area (Å²) in [4.78, 5) is 12.5. The number of hydrazone groups is 1. The third-order valence-corrected chi connectivity index (χ3v) is 5.13. The van der Waals surface area contributed by atoms with E-state index >= 15 is 0 Å². The Balaban J connectivity index is 1.66. The second-order valence-corrected chi connectivity index (χ2v) is 7.44. The Bertz CT molecular complexity index is 1100. The molecule has 8 heteroatoms. The van der Waals surface area contributed by atoms with Crippen LogP contribution in [-0.4, -0.2) is 31.4 Å². The topological polar surface area (TPSA) is 66.3 Å². The Kier molecular flexibility index (Phi) is 5.11. The zero-order valence-electron chi connectivity index (χ0n) is 15.2. The van der Waals surface area contributed by atoms with Crippen LogP contribution in [0.5, 0.6) is 0 Å². The lowest BCUT2D eigenvalue weighted by Gasteiger charge is -2.23. The number of carbonyl (C=O) groups is 1. The number of nitrogens with one attached hydrogen (secondary N) is 1. The van der Waals surface area contributed by atoms with Gasteiger partial charge in [-0.3, -0.25) is 14.5 Å². The molecule has 0 atom stereocenters. The van der Waals surface area contributed by atoms with Gasteiger partial charge in [0.05, 0.1) is 5.71 Å². The molecule has 2 aromatic carbocycles. The van der Waals surface area contributed by atoms with Crippen LogP contribution in [0, 0.1) is 11.7 Å². The van der Waals surface area contributed by atoms with Gasteiger partial charge in [0.2, 0.25) is 5.91 Å². The van der Waals surface area contributed by atoms with Crippen molar-refractivity contribution in [3.05, 3.63) is 75.3 Å². The molecular weight excluding hydrogens is 394 g/mol. The van der Waals surface area contributed by atoms with Crippen molar-refractivity contribution in [3.63, 3.8) is 0 Å². The van der Waals surface area contributed by atoms with E-state index in [2.05, 4.69) is 15.3 Å². The molecule has 1 amide bonds. The molecule has 3 aromatic rings. The number of halogens is 1. The Morgan fingerprint density at radius 3 is 2.54 bits per heavy atom. The maximum Gasteiger partial charge on any atom is 0.243 e. The lowest BCUT2D eigenvalue weighted by atomic mass is 10.0. The first kappa shape index (κ1) is 18.6. The fourth-order valence-corrected chi connectivity index (χ4v) is 3.49. The first-order valence-corrected chi connectivity index (χ1v) is 9.67. The zero-order valence-corrected chi connectivity index (χ0v) is 16.8. The minimum absolute atomic E-state index is 0.0348. The minimum Gasteiger partial charge on any atom is -0.273 e. The van der Waals surface area contributed by atoms with Crippen molar-refractivity contribution in [2.75, 3.05) is 0 Å². The van der Waals surface area contributed by atoms with E-state index in [4.69, 9.17) is 23.8 Å². The molecule has 0 radical (unpaired) electrons. The average Bonchev–Trinajstić information content (AvgIpc) is 3.05. The van der Waals surface area contributed by atoms with E-state index in [1.54, 1.807) is 16.7 Å². The minimum atomic E-state index is -0.0348. The quantitative estimate of drug-likeness (QED) is 0.646. The van der Waals surface area contributed by atoms with Crippen molar-refractivity contribution in [2.45, 2.75) is 26.3 Å². The number of hydrogen-bond acceptors (Lipinski definition) is 4. The van der Waals surface area contributed by atoms with E-state index in [0.717, 1.165) is 17.0 Å². The number of H-pyrrole nitrogens is 1. The number of amides is 1. The number of aromatic amines is 1. The SMILES string of the molecule is Cc1ccc(C2=NN(Cc3n[nH]c(=S)n3-c3ccc(Cl)cc3)C(=O)CC2)cc1. The third-order valence-electron chi connectivity index (χ3n) is 4.61. The van der Waals surface area contributed by atoms with Crippen molar-refractivity contribution < 1.29 is 4.79 Å². The van der Waals surface area contributed by atoms with Gasteiger partial charge in [0.1, 0.15) is 6.54 Å². The highest BCUT2D eigenvalue weighted by molar-refractivity contribution is 7.71. The number of carbonyl (C=O) groups excluding carboxylic acids is 1. The van der Waals surface area contributed by atoms with Crippen molar-refractivity contribution in [3.8, 4) is 5.69 Å². The molecule has 0 saturated heterocycles. The van der Waals surface area contributed by atoms with Crippen LogP contribution in [0.2, 0.25) is 5.02 Å². The summed E-state index contributed by atoms with van der Waals surface area (Å²) in [5.41, 5.74) is 3.93. The van der Waals surface area contributed by atoms with Crippen LogP contribution in [-0.2, 0) is 11.3 Å². The van der Waals surface area contributed by atoms with Gasteiger partial charge in [0.15, 0.2) is 10.6 Å². The molecule has 4 rings (SSSR count). The number of hydrogen-bond donors (Lipinski definition) is 1. The van der Waals surface area contributed by atoms with Crippen molar-refractivity contribution in [2.24, 2.45) is 5.10 Å². The molecule has 0 aliphatic carbocycles. The molecule has 0 saturated carbocycles. The van der Waals surface area contributed by atoms with Crippen LogP contribution in [0.4, 0.5) is 0 Å². The van der Waals surface area contributed by atoms with Crippen LogP contribution in [0.1, 0.15) is 29.8 Å². The van der Waals surface area contributed by atoms with Gasteiger partial charge in [0.25, 0.3) is 0 Å². The lowest BCUT2D eigenvalue weighted by Crippen LogP contribution is -2.32. The van der Waals surface area contributed by atoms with Crippen molar-refractivity contribution in [1.29, 1.82) is 0 Å². The van der Waals surface area contributed by atoms with Gasteiger partial charge in [-0.2, -0.15) is 10.2 Å². The molecule has 2 heterocycles. The summed E-state index contributed by atoms with van der Waals surface area (Å²) in [5, 5.41) is 13.8. The Morgan fingerprint density at radius 2 is 1.82 bits per heavy atom. The smallest absolute Gasteiger partial charge is 0.243 e. The Labute approximate surface area is 172 Å². The number of benzene rings is 2. The van der Waals surface area contributed by atoms with Gasteiger partial charge in [-0.05, 0) is 49.0 Å². The maximum atomic E-state index is 12.5. The molecule has 0 spiro atoms. The fraction of sp³-hybridized carbons (Fsp3) is 0.200. The number of nitrogens with zero attached hydrogens (tertiary/aromatic N) is 4. The van der Waals surface area contributed by atoms with Crippen LogP contribution in [0.3, 0.4) is 0 Å². The van der Waals surface area contributed by atoms with Gasteiger partial charge in [-0.1, -0.05) is 41.4 Å².